The lowest BCUT2D eigenvalue weighted by Crippen LogP contribution is -1.98. The van der Waals surface area contributed by atoms with Crippen LogP contribution in [0.25, 0.3) is 0 Å². The Hall–Kier alpha value is -1.64. The first-order valence-electron chi connectivity index (χ1n) is 7.41. The maximum absolute atomic E-state index is 11.9. The summed E-state index contributed by atoms with van der Waals surface area (Å²) in [5.41, 5.74) is 1.97. The number of carbonyl (C=O) groups excluding carboxylic acids is 1. The predicted octanol–water partition coefficient (Wildman–Crippen LogP) is 4.38. The Balaban J connectivity index is 2.05. The van der Waals surface area contributed by atoms with Crippen LogP contribution in [-0.4, -0.2) is 16.9 Å². The summed E-state index contributed by atoms with van der Waals surface area (Å²) in [6.45, 7) is 2.01. The van der Waals surface area contributed by atoms with Crippen molar-refractivity contribution in [2.75, 3.05) is 0 Å². The van der Waals surface area contributed by atoms with Crippen LogP contribution in [0.4, 0.5) is 0 Å². The number of hydrogen-bond donors (Lipinski definition) is 1. The topological polar surface area (TPSA) is 54.4 Å². The van der Waals surface area contributed by atoms with Crippen LogP contribution < -0.4 is 0 Å². The van der Waals surface area contributed by atoms with Crippen molar-refractivity contribution in [3.05, 3.63) is 35.4 Å². The summed E-state index contributed by atoms with van der Waals surface area (Å²) >= 11 is 0. The number of hydrogen-bond acceptors (Lipinski definition) is 2. The van der Waals surface area contributed by atoms with Gasteiger partial charge in [0, 0.05) is 18.4 Å². The molecule has 0 aromatic heterocycles. The fourth-order valence-corrected chi connectivity index (χ4v) is 2.15. The summed E-state index contributed by atoms with van der Waals surface area (Å²) in [6, 6.07) is 7.72. The molecule has 110 valence electrons. The van der Waals surface area contributed by atoms with E-state index >= 15 is 0 Å². The van der Waals surface area contributed by atoms with Crippen LogP contribution in [0.1, 0.15) is 67.3 Å². The molecule has 0 aliphatic carbocycles. The van der Waals surface area contributed by atoms with Crippen LogP contribution in [0, 0.1) is 6.92 Å². The Morgan fingerprint density at radius 3 is 1.90 bits per heavy atom. The molecule has 20 heavy (non-hydrogen) atoms. The van der Waals surface area contributed by atoms with E-state index in [2.05, 4.69) is 0 Å². The number of rotatable bonds is 10. The van der Waals surface area contributed by atoms with Gasteiger partial charge in [-0.1, -0.05) is 55.5 Å². The second-order valence-electron chi connectivity index (χ2n) is 5.30. The van der Waals surface area contributed by atoms with Crippen molar-refractivity contribution in [1.29, 1.82) is 0 Å². The van der Waals surface area contributed by atoms with Crippen LogP contribution in [-0.2, 0) is 4.79 Å². The first kappa shape index (κ1) is 16.4. The molecular formula is C17H24O3. The number of aryl methyl sites for hydroxylation is 1. The summed E-state index contributed by atoms with van der Waals surface area (Å²) in [6.07, 6.45) is 6.73. The summed E-state index contributed by atoms with van der Waals surface area (Å²) in [5, 5.41) is 8.50. The fourth-order valence-electron chi connectivity index (χ4n) is 2.15. The molecule has 0 aliphatic rings. The van der Waals surface area contributed by atoms with Crippen molar-refractivity contribution < 1.29 is 14.7 Å². The van der Waals surface area contributed by atoms with Gasteiger partial charge >= 0.3 is 5.97 Å². The highest BCUT2D eigenvalue weighted by Crippen LogP contribution is 2.12. The van der Waals surface area contributed by atoms with E-state index in [9.17, 15) is 9.59 Å². The lowest BCUT2D eigenvalue weighted by Gasteiger charge is -2.02. The normalized spacial score (nSPS) is 10.4. The molecule has 0 amide bonds. The van der Waals surface area contributed by atoms with Crippen LogP contribution in [0.15, 0.2) is 24.3 Å². The number of unbranched alkanes of at least 4 members (excludes halogenated alkanes) is 5. The monoisotopic (exact) mass is 276 g/mol. The Bertz CT molecular complexity index is 420. The number of Topliss-reactive ketones (excluding diaryl/α,β-unsaturated/α-hetero) is 1. The highest BCUT2D eigenvalue weighted by atomic mass is 16.4. The molecule has 1 N–H and O–H groups in total. The van der Waals surface area contributed by atoms with Crippen molar-refractivity contribution in [3.8, 4) is 0 Å². The van der Waals surface area contributed by atoms with Gasteiger partial charge in [0.05, 0.1) is 0 Å². The Labute approximate surface area is 121 Å². The van der Waals surface area contributed by atoms with Gasteiger partial charge in [-0.15, -0.1) is 0 Å². The predicted molar refractivity (Wildman–Crippen MR) is 80.1 cm³/mol. The van der Waals surface area contributed by atoms with Gasteiger partial charge in [0.2, 0.25) is 0 Å². The van der Waals surface area contributed by atoms with Crippen molar-refractivity contribution in [3.63, 3.8) is 0 Å². The standard InChI is InChI=1S/C17H24O3/c1-14-10-12-15(13-11-14)16(18)8-6-4-2-3-5-7-9-17(19)20/h10-13H,2-9H2,1H3,(H,19,20). The lowest BCUT2D eigenvalue weighted by molar-refractivity contribution is -0.137. The molecule has 3 nitrogen and oxygen atoms in total. The highest BCUT2D eigenvalue weighted by Gasteiger charge is 2.04. The van der Waals surface area contributed by atoms with E-state index in [-0.39, 0.29) is 12.2 Å². The van der Waals surface area contributed by atoms with Crippen LogP contribution in [0.3, 0.4) is 0 Å². The van der Waals surface area contributed by atoms with Gasteiger partial charge in [-0.2, -0.15) is 0 Å². The first-order chi connectivity index (χ1) is 9.59. The number of benzene rings is 1. The summed E-state index contributed by atoms with van der Waals surface area (Å²) in [4.78, 5) is 22.2. The van der Waals surface area contributed by atoms with E-state index in [1.165, 1.54) is 5.56 Å². The molecule has 0 atom stereocenters. The molecule has 0 saturated heterocycles. The molecule has 3 heteroatoms. The molecule has 0 unspecified atom stereocenters. The molecule has 0 heterocycles. The highest BCUT2D eigenvalue weighted by molar-refractivity contribution is 5.96. The molecular weight excluding hydrogens is 252 g/mol. The Kier molecular flexibility index (Phi) is 7.63. The fraction of sp³-hybridized carbons (Fsp3) is 0.529. The largest absolute Gasteiger partial charge is 0.481 e. The van der Waals surface area contributed by atoms with Gasteiger partial charge < -0.3 is 5.11 Å². The summed E-state index contributed by atoms with van der Waals surface area (Å²) in [5.74, 6) is -0.496. The molecule has 0 bridgehead atoms. The average Bonchev–Trinajstić information content (AvgIpc) is 2.42. The third-order valence-electron chi connectivity index (χ3n) is 3.42. The van der Waals surface area contributed by atoms with E-state index in [4.69, 9.17) is 5.11 Å². The quantitative estimate of drug-likeness (QED) is 0.509. The van der Waals surface area contributed by atoms with E-state index in [0.717, 1.165) is 44.1 Å². The minimum absolute atomic E-state index is 0.218. The molecule has 0 radical (unpaired) electrons. The molecule has 0 saturated carbocycles. The Morgan fingerprint density at radius 2 is 1.35 bits per heavy atom. The minimum Gasteiger partial charge on any atom is -0.481 e. The third kappa shape index (κ3) is 7.07. The second-order valence-corrected chi connectivity index (χ2v) is 5.30. The first-order valence-corrected chi connectivity index (χ1v) is 7.41. The maximum atomic E-state index is 11.9. The molecule has 0 spiro atoms. The van der Waals surface area contributed by atoms with Gasteiger partial charge in [-0.3, -0.25) is 9.59 Å². The molecule has 1 rings (SSSR count). The van der Waals surface area contributed by atoms with Gasteiger partial charge in [-0.25, -0.2) is 0 Å². The van der Waals surface area contributed by atoms with Crippen molar-refractivity contribution in [2.24, 2.45) is 0 Å². The number of ketones is 1. The molecule has 0 aliphatic heterocycles. The third-order valence-corrected chi connectivity index (χ3v) is 3.42. The average molecular weight is 276 g/mol. The number of aliphatic carboxylic acids is 1. The molecule has 0 fully saturated rings. The molecule has 1 aromatic carbocycles. The van der Waals surface area contributed by atoms with E-state index in [1.807, 2.05) is 31.2 Å². The van der Waals surface area contributed by atoms with E-state index in [1.54, 1.807) is 0 Å². The van der Waals surface area contributed by atoms with Gasteiger partial charge in [0.1, 0.15) is 0 Å². The zero-order chi connectivity index (χ0) is 14.8. The minimum atomic E-state index is -0.714. The van der Waals surface area contributed by atoms with Crippen LogP contribution >= 0.6 is 0 Å². The van der Waals surface area contributed by atoms with Crippen molar-refractivity contribution >= 4 is 11.8 Å². The summed E-state index contributed by atoms with van der Waals surface area (Å²) in [7, 11) is 0. The van der Waals surface area contributed by atoms with Gasteiger partial charge in [0.15, 0.2) is 5.78 Å². The van der Waals surface area contributed by atoms with E-state index in [0.29, 0.717) is 6.42 Å². The zero-order valence-electron chi connectivity index (χ0n) is 12.2. The maximum Gasteiger partial charge on any atom is 0.303 e. The molecule has 1 aromatic rings. The smallest absolute Gasteiger partial charge is 0.303 e. The second kappa shape index (κ2) is 9.29. The van der Waals surface area contributed by atoms with Gasteiger partial charge in [0.25, 0.3) is 0 Å². The van der Waals surface area contributed by atoms with Gasteiger partial charge in [-0.05, 0) is 19.8 Å². The van der Waals surface area contributed by atoms with Crippen molar-refractivity contribution in [2.45, 2.75) is 58.3 Å². The van der Waals surface area contributed by atoms with Crippen LogP contribution in [0.2, 0.25) is 0 Å². The Morgan fingerprint density at radius 1 is 0.850 bits per heavy atom. The number of carboxylic acids is 1. The number of carbonyl (C=O) groups is 2. The van der Waals surface area contributed by atoms with Crippen LogP contribution in [0.5, 0.6) is 0 Å². The summed E-state index contributed by atoms with van der Waals surface area (Å²) < 4.78 is 0. The van der Waals surface area contributed by atoms with Crippen molar-refractivity contribution in [1.82, 2.24) is 0 Å². The number of carboxylic acid groups (broad SMARTS) is 1. The SMILES string of the molecule is Cc1ccc(C(=O)CCCCCCCCC(=O)O)cc1. The van der Waals surface area contributed by atoms with E-state index < -0.39 is 5.97 Å². The lowest BCUT2D eigenvalue weighted by atomic mass is 10.0. The zero-order valence-corrected chi connectivity index (χ0v) is 12.2.